The molecule has 28 heavy (non-hydrogen) atoms. The standard InChI is InChI=1S/C18H18Cl2N4O2S2/c19-14-7-6-12(8-15(14)20)22-18(28)24-23-16(26)9-13(25)10-17(27)21-11-4-2-1-3-5-11/h1-8,17,21,27H,9-10H2,(H,23,26)(H2,22,24,28). The molecule has 6 nitrogen and oxygen atoms in total. The summed E-state index contributed by atoms with van der Waals surface area (Å²) in [5, 5.41) is 6.44. The van der Waals surface area contributed by atoms with Crippen LogP contribution in [0.3, 0.4) is 0 Å². The highest BCUT2D eigenvalue weighted by Gasteiger charge is 2.14. The molecule has 10 heteroatoms. The quantitative estimate of drug-likeness (QED) is 0.142. The van der Waals surface area contributed by atoms with Gasteiger partial charge >= 0.3 is 0 Å². The van der Waals surface area contributed by atoms with Gasteiger partial charge in [-0.05, 0) is 42.5 Å². The van der Waals surface area contributed by atoms with Crippen LogP contribution >= 0.6 is 48.0 Å². The van der Waals surface area contributed by atoms with E-state index >= 15 is 0 Å². The van der Waals surface area contributed by atoms with Crippen LogP contribution in [0.25, 0.3) is 0 Å². The molecule has 1 amide bonds. The Labute approximate surface area is 183 Å². The van der Waals surface area contributed by atoms with Crippen molar-refractivity contribution in [1.82, 2.24) is 10.9 Å². The number of thiol groups is 1. The van der Waals surface area contributed by atoms with Crippen molar-refractivity contribution in [2.45, 2.75) is 18.2 Å². The van der Waals surface area contributed by atoms with Crippen molar-refractivity contribution in [3.05, 3.63) is 58.6 Å². The second-order valence-corrected chi connectivity index (χ2v) is 7.55. The van der Waals surface area contributed by atoms with Crippen molar-refractivity contribution in [3.63, 3.8) is 0 Å². The number of ketones is 1. The predicted octanol–water partition coefficient (Wildman–Crippen LogP) is 4.03. The minimum atomic E-state index is -0.511. The molecule has 2 aromatic carbocycles. The maximum Gasteiger partial charge on any atom is 0.245 e. The number of thiocarbonyl (C=S) groups is 1. The highest BCUT2D eigenvalue weighted by Crippen LogP contribution is 2.24. The van der Waals surface area contributed by atoms with Gasteiger partial charge in [-0.15, -0.1) is 0 Å². The van der Waals surface area contributed by atoms with E-state index in [1.807, 2.05) is 30.3 Å². The van der Waals surface area contributed by atoms with Gasteiger partial charge in [0.15, 0.2) is 5.11 Å². The predicted molar refractivity (Wildman–Crippen MR) is 121 cm³/mol. The zero-order valence-corrected chi connectivity index (χ0v) is 17.8. The Balaban J connectivity index is 1.70. The number of hydrogen-bond donors (Lipinski definition) is 5. The number of para-hydroxylation sites is 1. The van der Waals surface area contributed by atoms with Crippen molar-refractivity contribution in [2.24, 2.45) is 0 Å². The van der Waals surface area contributed by atoms with Gasteiger partial charge in [0, 0.05) is 17.8 Å². The summed E-state index contributed by atoms with van der Waals surface area (Å²) in [7, 11) is 0. The molecule has 0 aliphatic rings. The molecule has 0 aromatic heterocycles. The molecular formula is C18H18Cl2N4O2S2. The van der Waals surface area contributed by atoms with Crippen molar-refractivity contribution < 1.29 is 9.59 Å². The number of carbonyl (C=O) groups excluding carboxylic acids is 2. The van der Waals surface area contributed by atoms with Gasteiger partial charge < -0.3 is 10.6 Å². The summed E-state index contributed by atoms with van der Waals surface area (Å²) < 4.78 is 0. The Bertz CT molecular complexity index is 853. The van der Waals surface area contributed by atoms with Crippen LogP contribution in [0.5, 0.6) is 0 Å². The van der Waals surface area contributed by atoms with Crippen LogP contribution in [-0.2, 0) is 9.59 Å². The number of halogens is 2. The molecule has 0 saturated heterocycles. The van der Waals surface area contributed by atoms with Crippen LogP contribution in [0.4, 0.5) is 11.4 Å². The van der Waals surface area contributed by atoms with E-state index in [9.17, 15) is 9.59 Å². The number of nitrogens with one attached hydrogen (secondary N) is 4. The summed E-state index contributed by atoms with van der Waals surface area (Å²) in [5.41, 5.74) is 6.33. The molecule has 0 heterocycles. The molecule has 2 rings (SSSR count). The third-order valence-electron chi connectivity index (χ3n) is 3.38. The fourth-order valence-corrected chi connectivity index (χ4v) is 2.97. The van der Waals surface area contributed by atoms with E-state index in [1.54, 1.807) is 18.2 Å². The normalized spacial score (nSPS) is 11.2. The molecule has 0 saturated carbocycles. The van der Waals surface area contributed by atoms with Crippen LogP contribution in [0.2, 0.25) is 10.0 Å². The van der Waals surface area contributed by atoms with E-state index in [-0.39, 0.29) is 23.7 Å². The van der Waals surface area contributed by atoms with Crippen molar-refractivity contribution in [2.75, 3.05) is 10.6 Å². The Hall–Kier alpha value is -2.00. The topological polar surface area (TPSA) is 82.3 Å². The SMILES string of the molecule is O=C(CC(=O)NNC(=S)Nc1ccc(Cl)c(Cl)c1)CC(S)Nc1ccccc1. The summed E-state index contributed by atoms with van der Waals surface area (Å²) in [6.45, 7) is 0. The van der Waals surface area contributed by atoms with E-state index in [2.05, 4.69) is 34.1 Å². The first-order valence-electron chi connectivity index (χ1n) is 8.15. The molecule has 2 aromatic rings. The molecule has 4 N–H and O–H groups in total. The number of Topliss-reactive ketones (excluding diaryl/α,β-unsaturated/α-hetero) is 1. The summed E-state index contributed by atoms with van der Waals surface area (Å²) in [6.07, 6.45) is -0.201. The first-order valence-corrected chi connectivity index (χ1v) is 9.84. The Morgan fingerprint density at radius 3 is 2.39 bits per heavy atom. The number of carbonyl (C=O) groups is 2. The Morgan fingerprint density at radius 1 is 1.00 bits per heavy atom. The minimum Gasteiger partial charge on any atom is -0.373 e. The molecule has 1 atom stereocenters. The van der Waals surface area contributed by atoms with E-state index in [4.69, 9.17) is 35.4 Å². The third kappa shape index (κ3) is 7.93. The molecular weight excluding hydrogens is 439 g/mol. The summed E-state index contributed by atoms with van der Waals surface area (Å²) in [6, 6.07) is 14.3. The average molecular weight is 457 g/mol. The Kier molecular flexibility index (Phi) is 8.85. The lowest BCUT2D eigenvalue weighted by Gasteiger charge is -2.14. The van der Waals surface area contributed by atoms with Gasteiger partial charge in [-0.2, -0.15) is 12.6 Å². The first kappa shape index (κ1) is 22.3. The zero-order chi connectivity index (χ0) is 20.5. The smallest absolute Gasteiger partial charge is 0.245 e. The van der Waals surface area contributed by atoms with Gasteiger partial charge in [0.05, 0.1) is 21.8 Å². The molecule has 148 valence electrons. The molecule has 0 aliphatic heterocycles. The number of benzene rings is 2. The van der Waals surface area contributed by atoms with E-state index < -0.39 is 11.3 Å². The highest BCUT2D eigenvalue weighted by atomic mass is 35.5. The first-order chi connectivity index (χ1) is 13.3. The number of amides is 1. The van der Waals surface area contributed by atoms with Gasteiger partial charge in [-0.1, -0.05) is 41.4 Å². The second-order valence-electron chi connectivity index (χ2n) is 5.70. The zero-order valence-electron chi connectivity index (χ0n) is 14.5. The van der Waals surface area contributed by atoms with Gasteiger partial charge in [0.25, 0.3) is 0 Å². The van der Waals surface area contributed by atoms with E-state index in [1.165, 1.54) is 0 Å². The molecule has 1 unspecified atom stereocenters. The van der Waals surface area contributed by atoms with Crippen molar-refractivity contribution >= 4 is 76.2 Å². The molecule has 0 aliphatic carbocycles. The van der Waals surface area contributed by atoms with E-state index in [0.29, 0.717) is 15.7 Å². The van der Waals surface area contributed by atoms with Crippen LogP contribution < -0.4 is 21.5 Å². The Morgan fingerprint density at radius 2 is 1.71 bits per heavy atom. The van der Waals surface area contributed by atoms with Crippen LogP contribution in [0, 0.1) is 0 Å². The maximum absolute atomic E-state index is 12.0. The lowest BCUT2D eigenvalue weighted by Crippen LogP contribution is -2.44. The lowest BCUT2D eigenvalue weighted by molar-refractivity contribution is -0.128. The van der Waals surface area contributed by atoms with Gasteiger partial charge in [-0.25, -0.2) is 0 Å². The highest BCUT2D eigenvalue weighted by molar-refractivity contribution is 7.81. The maximum atomic E-state index is 12.0. The van der Waals surface area contributed by atoms with Crippen LogP contribution in [0.15, 0.2) is 48.5 Å². The molecule has 0 radical (unpaired) electrons. The van der Waals surface area contributed by atoms with Crippen LogP contribution in [0.1, 0.15) is 12.8 Å². The van der Waals surface area contributed by atoms with Crippen molar-refractivity contribution in [1.29, 1.82) is 0 Å². The van der Waals surface area contributed by atoms with Gasteiger partial charge in [0.2, 0.25) is 5.91 Å². The van der Waals surface area contributed by atoms with Gasteiger partial charge in [0.1, 0.15) is 5.78 Å². The number of hydrogen-bond acceptors (Lipinski definition) is 5. The number of rotatable bonds is 7. The summed E-state index contributed by atoms with van der Waals surface area (Å²) in [5.74, 6) is -0.769. The fraction of sp³-hybridized carbons (Fsp3) is 0.167. The molecule has 0 fully saturated rings. The molecule has 0 spiro atoms. The van der Waals surface area contributed by atoms with Gasteiger partial charge in [-0.3, -0.25) is 20.4 Å². The van der Waals surface area contributed by atoms with Crippen molar-refractivity contribution in [3.8, 4) is 0 Å². The summed E-state index contributed by atoms with van der Waals surface area (Å²) in [4.78, 5) is 23.9. The average Bonchev–Trinajstić information content (AvgIpc) is 2.63. The molecule has 0 bridgehead atoms. The lowest BCUT2D eigenvalue weighted by atomic mass is 10.2. The summed E-state index contributed by atoms with van der Waals surface area (Å²) >= 11 is 21.2. The van der Waals surface area contributed by atoms with E-state index in [0.717, 1.165) is 5.69 Å². The largest absolute Gasteiger partial charge is 0.373 e. The van der Waals surface area contributed by atoms with Crippen LogP contribution in [-0.4, -0.2) is 22.2 Å². The monoisotopic (exact) mass is 456 g/mol. The second kappa shape index (κ2) is 11.1. The minimum absolute atomic E-state index is 0.0946. The third-order valence-corrected chi connectivity index (χ3v) is 4.63. The number of anilines is 2. The fourth-order valence-electron chi connectivity index (χ4n) is 2.15. The number of hydrazine groups is 1.